The highest BCUT2D eigenvalue weighted by Gasteiger charge is 2.15. The molecule has 12 heavy (non-hydrogen) atoms. The van der Waals surface area contributed by atoms with Gasteiger partial charge in [-0.1, -0.05) is 18.2 Å². The van der Waals surface area contributed by atoms with Crippen molar-refractivity contribution in [1.82, 2.24) is 0 Å². The van der Waals surface area contributed by atoms with E-state index in [1.165, 1.54) is 0 Å². The molecule has 0 amide bonds. The van der Waals surface area contributed by atoms with Gasteiger partial charge in [0.15, 0.2) is 0 Å². The minimum absolute atomic E-state index is 0.131. The second-order valence-corrected chi connectivity index (χ2v) is 2.86. The standard InChI is InChI=1S/C10H11NO/c11-9-5-2-1-4-8(9)10-6-3-7-12-10/h1-5,7,10H,6,11H2. The summed E-state index contributed by atoms with van der Waals surface area (Å²) in [4.78, 5) is 0. The predicted octanol–water partition coefficient (Wildman–Crippen LogP) is 2.24. The molecule has 0 saturated heterocycles. The van der Waals surface area contributed by atoms with E-state index in [1.54, 1.807) is 6.26 Å². The van der Waals surface area contributed by atoms with Crippen molar-refractivity contribution in [3.05, 3.63) is 42.2 Å². The summed E-state index contributed by atoms with van der Waals surface area (Å²) in [5.74, 6) is 0. The number of benzene rings is 1. The smallest absolute Gasteiger partial charge is 0.128 e. The summed E-state index contributed by atoms with van der Waals surface area (Å²) in [5.41, 5.74) is 7.69. The molecule has 0 aromatic heterocycles. The van der Waals surface area contributed by atoms with Gasteiger partial charge in [-0.15, -0.1) is 0 Å². The van der Waals surface area contributed by atoms with E-state index in [0.717, 1.165) is 17.7 Å². The van der Waals surface area contributed by atoms with E-state index in [1.807, 2.05) is 30.3 Å². The topological polar surface area (TPSA) is 35.2 Å². The van der Waals surface area contributed by atoms with Crippen LogP contribution in [0.25, 0.3) is 0 Å². The number of ether oxygens (including phenoxy) is 1. The molecule has 1 unspecified atom stereocenters. The summed E-state index contributed by atoms with van der Waals surface area (Å²) in [7, 11) is 0. The highest BCUT2D eigenvalue weighted by molar-refractivity contribution is 5.48. The maximum atomic E-state index is 5.79. The lowest BCUT2D eigenvalue weighted by molar-refractivity contribution is 0.174. The number of nitrogens with two attached hydrogens (primary N) is 1. The van der Waals surface area contributed by atoms with Crippen LogP contribution in [0.1, 0.15) is 18.1 Å². The predicted molar refractivity (Wildman–Crippen MR) is 48.4 cm³/mol. The van der Waals surface area contributed by atoms with Crippen molar-refractivity contribution < 1.29 is 4.74 Å². The van der Waals surface area contributed by atoms with Gasteiger partial charge in [-0.25, -0.2) is 0 Å². The van der Waals surface area contributed by atoms with Crippen molar-refractivity contribution >= 4 is 5.69 Å². The van der Waals surface area contributed by atoms with Crippen LogP contribution in [-0.2, 0) is 4.74 Å². The first-order valence-corrected chi connectivity index (χ1v) is 4.03. The fraction of sp³-hybridized carbons (Fsp3) is 0.200. The number of para-hydroxylation sites is 1. The first kappa shape index (κ1) is 7.22. The van der Waals surface area contributed by atoms with Crippen LogP contribution in [0.4, 0.5) is 5.69 Å². The number of nitrogen functional groups attached to an aromatic ring is 1. The molecule has 1 aromatic carbocycles. The van der Waals surface area contributed by atoms with E-state index < -0.39 is 0 Å². The molecular weight excluding hydrogens is 150 g/mol. The molecule has 2 nitrogen and oxygen atoms in total. The summed E-state index contributed by atoms with van der Waals surface area (Å²) >= 11 is 0. The van der Waals surface area contributed by atoms with Gasteiger partial charge in [0, 0.05) is 17.7 Å². The average molecular weight is 161 g/mol. The van der Waals surface area contributed by atoms with Crippen molar-refractivity contribution in [2.75, 3.05) is 5.73 Å². The number of hydrogen-bond acceptors (Lipinski definition) is 2. The maximum Gasteiger partial charge on any atom is 0.128 e. The second kappa shape index (κ2) is 2.89. The van der Waals surface area contributed by atoms with E-state index in [4.69, 9.17) is 10.5 Å². The zero-order chi connectivity index (χ0) is 8.39. The third-order valence-corrected chi connectivity index (χ3v) is 2.03. The Morgan fingerprint density at radius 3 is 2.83 bits per heavy atom. The van der Waals surface area contributed by atoms with Crippen LogP contribution in [0.5, 0.6) is 0 Å². The third kappa shape index (κ3) is 1.16. The van der Waals surface area contributed by atoms with Crippen LogP contribution in [0.2, 0.25) is 0 Å². The molecule has 0 saturated carbocycles. The molecule has 0 bridgehead atoms. The van der Waals surface area contributed by atoms with E-state index in [9.17, 15) is 0 Å². The van der Waals surface area contributed by atoms with Gasteiger partial charge < -0.3 is 10.5 Å². The van der Waals surface area contributed by atoms with Crippen LogP contribution in [0, 0.1) is 0 Å². The summed E-state index contributed by atoms with van der Waals surface area (Å²) < 4.78 is 5.36. The molecule has 0 fully saturated rings. The number of rotatable bonds is 1. The Balaban J connectivity index is 2.27. The van der Waals surface area contributed by atoms with Gasteiger partial charge in [-0.2, -0.15) is 0 Å². The van der Waals surface area contributed by atoms with Crippen molar-refractivity contribution in [3.8, 4) is 0 Å². The Bertz CT molecular complexity index is 298. The van der Waals surface area contributed by atoms with Crippen molar-refractivity contribution in [1.29, 1.82) is 0 Å². The Kier molecular flexibility index (Phi) is 1.74. The zero-order valence-electron chi connectivity index (χ0n) is 6.73. The molecule has 1 aromatic rings. The van der Waals surface area contributed by atoms with Gasteiger partial charge in [-0.05, 0) is 12.1 Å². The summed E-state index contributed by atoms with van der Waals surface area (Å²) in [6, 6.07) is 7.82. The molecule has 1 heterocycles. The zero-order valence-corrected chi connectivity index (χ0v) is 6.73. The molecule has 1 aliphatic rings. The lowest BCUT2D eigenvalue weighted by Gasteiger charge is -2.12. The molecule has 2 rings (SSSR count). The van der Waals surface area contributed by atoms with Crippen LogP contribution in [0.3, 0.4) is 0 Å². The Morgan fingerprint density at radius 1 is 1.33 bits per heavy atom. The quantitative estimate of drug-likeness (QED) is 0.641. The van der Waals surface area contributed by atoms with E-state index in [0.29, 0.717) is 0 Å². The second-order valence-electron chi connectivity index (χ2n) is 2.86. The van der Waals surface area contributed by atoms with Gasteiger partial charge in [0.05, 0.1) is 6.26 Å². The molecule has 62 valence electrons. The fourth-order valence-corrected chi connectivity index (χ4v) is 1.39. The first-order valence-electron chi connectivity index (χ1n) is 4.03. The molecule has 0 spiro atoms. The first-order chi connectivity index (χ1) is 5.88. The van der Waals surface area contributed by atoms with Gasteiger partial charge in [0.2, 0.25) is 0 Å². The summed E-state index contributed by atoms with van der Waals surface area (Å²) in [6.45, 7) is 0. The lowest BCUT2D eigenvalue weighted by atomic mass is 10.1. The highest BCUT2D eigenvalue weighted by Crippen LogP contribution is 2.29. The van der Waals surface area contributed by atoms with Gasteiger partial charge >= 0.3 is 0 Å². The van der Waals surface area contributed by atoms with Gasteiger partial charge in [-0.3, -0.25) is 0 Å². The van der Waals surface area contributed by atoms with Gasteiger partial charge in [0.25, 0.3) is 0 Å². The Labute approximate surface area is 71.6 Å². The molecular formula is C10H11NO. The molecule has 0 aliphatic carbocycles. The Hall–Kier alpha value is -1.44. The van der Waals surface area contributed by atoms with Crippen LogP contribution in [0.15, 0.2) is 36.6 Å². The molecule has 1 atom stereocenters. The molecule has 2 N–H and O–H groups in total. The molecule has 0 radical (unpaired) electrons. The molecule has 2 heteroatoms. The summed E-state index contributed by atoms with van der Waals surface area (Å²) in [5, 5.41) is 0. The van der Waals surface area contributed by atoms with E-state index in [2.05, 4.69) is 0 Å². The van der Waals surface area contributed by atoms with Crippen LogP contribution >= 0.6 is 0 Å². The van der Waals surface area contributed by atoms with Crippen molar-refractivity contribution in [3.63, 3.8) is 0 Å². The fourth-order valence-electron chi connectivity index (χ4n) is 1.39. The van der Waals surface area contributed by atoms with E-state index in [-0.39, 0.29) is 6.10 Å². The van der Waals surface area contributed by atoms with Crippen LogP contribution < -0.4 is 5.73 Å². The summed E-state index contributed by atoms with van der Waals surface area (Å²) in [6.07, 6.45) is 4.80. The monoisotopic (exact) mass is 161 g/mol. The van der Waals surface area contributed by atoms with Crippen molar-refractivity contribution in [2.24, 2.45) is 0 Å². The average Bonchev–Trinajstić information content (AvgIpc) is 2.57. The van der Waals surface area contributed by atoms with Crippen LogP contribution in [-0.4, -0.2) is 0 Å². The maximum absolute atomic E-state index is 5.79. The molecule has 1 aliphatic heterocycles. The third-order valence-electron chi connectivity index (χ3n) is 2.03. The number of anilines is 1. The van der Waals surface area contributed by atoms with E-state index >= 15 is 0 Å². The SMILES string of the molecule is Nc1ccccc1C1CC=CO1. The van der Waals surface area contributed by atoms with Gasteiger partial charge in [0.1, 0.15) is 6.10 Å². The minimum atomic E-state index is 0.131. The normalized spacial score (nSPS) is 20.8. The largest absolute Gasteiger partial charge is 0.493 e. The lowest BCUT2D eigenvalue weighted by Crippen LogP contribution is -2.00. The Morgan fingerprint density at radius 2 is 2.17 bits per heavy atom. The number of hydrogen-bond donors (Lipinski definition) is 1. The van der Waals surface area contributed by atoms with Crippen molar-refractivity contribution in [2.45, 2.75) is 12.5 Å². The highest BCUT2D eigenvalue weighted by atomic mass is 16.5. The minimum Gasteiger partial charge on any atom is -0.493 e.